The highest BCUT2D eigenvalue weighted by Crippen LogP contribution is 2.32. The van der Waals surface area contributed by atoms with Crippen LogP contribution < -0.4 is 4.74 Å². The molecule has 0 aromatic heterocycles. The number of hydrogen-bond acceptors (Lipinski definition) is 5. The van der Waals surface area contributed by atoms with Crippen molar-refractivity contribution in [3.63, 3.8) is 0 Å². The highest BCUT2D eigenvalue weighted by atomic mass is 16.6. The minimum Gasteiger partial charge on any atom is -0.496 e. The SMILES string of the molecule is CCC(C)(C)OC(=O)N1CCC(c2ccc(C(=O)OC)c(OC)c2)CC1. The molecule has 0 atom stereocenters. The number of methoxy groups -OCH3 is 2. The third-order valence-corrected chi connectivity index (χ3v) is 5.07. The van der Waals surface area contributed by atoms with Crippen molar-refractivity contribution in [2.45, 2.75) is 51.6 Å². The van der Waals surface area contributed by atoms with E-state index in [0.29, 0.717) is 30.3 Å². The quantitative estimate of drug-likeness (QED) is 0.740. The fourth-order valence-electron chi connectivity index (χ4n) is 3.01. The van der Waals surface area contributed by atoms with Gasteiger partial charge in [-0.2, -0.15) is 0 Å². The summed E-state index contributed by atoms with van der Waals surface area (Å²) in [6, 6.07) is 5.57. The molecule has 0 spiro atoms. The summed E-state index contributed by atoms with van der Waals surface area (Å²) in [4.78, 5) is 25.9. The first-order valence-electron chi connectivity index (χ1n) is 9.05. The molecule has 0 aliphatic carbocycles. The van der Waals surface area contributed by atoms with Gasteiger partial charge in [-0.15, -0.1) is 0 Å². The Morgan fingerprint density at radius 2 is 1.85 bits per heavy atom. The fourth-order valence-corrected chi connectivity index (χ4v) is 3.01. The number of benzene rings is 1. The molecule has 0 N–H and O–H groups in total. The number of amides is 1. The van der Waals surface area contributed by atoms with E-state index in [0.717, 1.165) is 24.8 Å². The number of carbonyl (C=O) groups is 2. The van der Waals surface area contributed by atoms with Crippen LogP contribution in [0.1, 0.15) is 61.9 Å². The highest BCUT2D eigenvalue weighted by molar-refractivity contribution is 5.92. The van der Waals surface area contributed by atoms with Crippen LogP contribution in [-0.2, 0) is 9.47 Å². The van der Waals surface area contributed by atoms with Crippen molar-refractivity contribution < 1.29 is 23.8 Å². The summed E-state index contributed by atoms with van der Waals surface area (Å²) in [5.74, 6) is 0.421. The Morgan fingerprint density at radius 1 is 1.19 bits per heavy atom. The Balaban J connectivity index is 2.01. The molecule has 0 radical (unpaired) electrons. The molecule has 1 aromatic rings. The third kappa shape index (κ3) is 4.68. The van der Waals surface area contributed by atoms with Crippen LogP contribution in [0.15, 0.2) is 18.2 Å². The van der Waals surface area contributed by atoms with Crippen molar-refractivity contribution in [3.8, 4) is 5.75 Å². The molecule has 1 aromatic carbocycles. The monoisotopic (exact) mass is 363 g/mol. The van der Waals surface area contributed by atoms with Gasteiger partial charge in [0.1, 0.15) is 16.9 Å². The molecule has 0 saturated carbocycles. The molecule has 1 amide bonds. The summed E-state index contributed by atoms with van der Waals surface area (Å²) in [5.41, 5.74) is 1.09. The van der Waals surface area contributed by atoms with Gasteiger partial charge in [0.15, 0.2) is 0 Å². The first kappa shape index (κ1) is 20.1. The van der Waals surface area contributed by atoms with Crippen molar-refractivity contribution in [2.75, 3.05) is 27.3 Å². The van der Waals surface area contributed by atoms with Crippen LogP contribution >= 0.6 is 0 Å². The van der Waals surface area contributed by atoms with E-state index < -0.39 is 11.6 Å². The van der Waals surface area contributed by atoms with Gasteiger partial charge in [0.25, 0.3) is 0 Å². The number of carbonyl (C=O) groups excluding carboxylic acids is 2. The molecule has 1 aliphatic rings. The number of ether oxygens (including phenoxy) is 3. The van der Waals surface area contributed by atoms with Crippen molar-refractivity contribution in [3.05, 3.63) is 29.3 Å². The Hall–Kier alpha value is -2.24. The Kier molecular flexibility index (Phi) is 6.51. The number of hydrogen-bond donors (Lipinski definition) is 0. The van der Waals surface area contributed by atoms with E-state index in [4.69, 9.17) is 14.2 Å². The van der Waals surface area contributed by atoms with Gasteiger partial charge in [0.2, 0.25) is 0 Å². The maximum Gasteiger partial charge on any atom is 0.410 e. The maximum atomic E-state index is 12.3. The molecule has 6 nitrogen and oxygen atoms in total. The average molecular weight is 363 g/mol. The molecule has 1 saturated heterocycles. The van der Waals surface area contributed by atoms with E-state index >= 15 is 0 Å². The summed E-state index contributed by atoms with van der Waals surface area (Å²) >= 11 is 0. The molecule has 1 aliphatic heterocycles. The second kappa shape index (κ2) is 8.43. The lowest BCUT2D eigenvalue weighted by Crippen LogP contribution is -2.42. The standard InChI is InChI=1S/C20H29NO5/c1-6-20(2,3)26-19(23)21-11-9-14(10-12-21)15-7-8-16(18(22)25-5)17(13-15)24-4/h7-8,13-14H,6,9-12H2,1-5H3. The summed E-state index contributed by atoms with van der Waals surface area (Å²) in [6.45, 7) is 7.17. The highest BCUT2D eigenvalue weighted by Gasteiger charge is 2.29. The predicted molar refractivity (Wildman–Crippen MR) is 98.7 cm³/mol. The molecule has 1 heterocycles. The average Bonchev–Trinajstić information content (AvgIpc) is 2.66. The number of nitrogens with zero attached hydrogens (tertiary/aromatic N) is 1. The van der Waals surface area contributed by atoms with Gasteiger partial charge < -0.3 is 19.1 Å². The molecule has 26 heavy (non-hydrogen) atoms. The summed E-state index contributed by atoms with van der Waals surface area (Å²) in [6.07, 6.45) is 2.24. The molecule has 0 unspecified atom stereocenters. The van der Waals surface area contributed by atoms with Gasteiger partial charge in [-0.1, -0.05) is 13.0 Å². The summed E-state index contributed by atoms with van der Waals surface area (Å²) in [7, 11) is 2.89. The Bertz CT molecular complexity index is 648. The number of rotatable bonds is 5. The zero-order chi connectivity index (χ0) is 19.3. The zero-order valence-electron chi connectivity index (χ0n) is 16.3. The van der Waals surface area contributed by atoms with Gasteiger partial charge in [0, 0.05) is 13.1 Å². The van der Waals surface area contributed by atoms with E-state index in [1.165, 1.54) is 7.11 Å². The Morgan fingerprint density at radius 3 is 2.38 bits per heavy atom. The maximum absolute atomic E-state index is 12.3. The number of likely N-dealkylation sites (tertiary alicyclic amines) is 1. The van der Waals surface area contributed by atoms with Crippen LogP contribution in [-0.4, -0.2) is 49.9 Å². The lowest BCUT2D eigenvalue weighted by Gasteiger charge is -2.34. The zero-order valence-corrected chi connectivity index (χ0v) is 16.3. The normalized spacial score (nSPS) is 15.5. The van der Waals surface area contributed by atoms with E-state index in [1.54, 1.807) is 18.1 Å². The van der Waals surface area contributed by atoms with Crippen LogP contribution in [0, 0.1) is 0 Å². The van der Waals surface area contributed by atoms with Gasteiger partial charge in [0.05, 0.1) is 14.2 Å². The molecule has 0 bridgehead atoms. The van der Waals surface area contributed by atoms with Crippen LogP contribution in [0.25, 0.3) is 0 Å². The molecule has 2 rings (SSSR count). The molecule has 6 heteroatoms. The summed E-state index contributed by atoms with van der Waals surface area (Å²) in [5, 5.41) is 0. The second-order valence-corrected chi connectivity index (χ2v) is 7.19. The molecule has 144 valence electrons. The Labute approximate surface area is 155 Å². The largest absolute Gasteiger partial charge is 0.496 e. The minimum atomic E-state index is -0.439. The van der Waals surface area contributed by atoms with E-state index in [2.05, 4.69) is 0 Å². The van der Waals surface area contributed by atoms with E-state index in [9.17, 15) is 9.59 Å². The molecular formula is C20H29NO5. The fraction of sp³-hybridized carbons (Fsp3) is 0.600. The van der Waals surface area contributed by atoms with Crippen molar-refractivity contribution >= 4 is 12.1 Å². The van der Waals surface area contributed by atoms with E-state index in [1.807, 2.05) is 32.9 Å². The molecule has 1 fully saturated rings. The minimum absolute atomic E-state index is 0.242. The lowest BCUT2D eigenvalue weighted by molar-refractivity contribution is 0.00748. The molecular weight excluding hydrogens is 334 g/mol. The summed E-state index contributed by atoms with van der Waals surface area (Å²) < 4.78 is 15.7. The lowest BCUT2D eigenvalue weighted by atomic mass is 9.89. The van der Waals surface area contributed by atoms with Crippen LogP contribution in [0.4, 0.5) is 4.79 Å². The van der Waals surface area contributed by atoms with Crippen molar-refractivity contribution in [2.24, 2.45) is 0 Å². The van der Waals surface area contributed by atoms with Gasteiger partial charge in [-0.25, -0.2) is 9.59 Å². The van der Waals surface area contributed by atoms with Gasteiger partial charge in [-0.05, 0) is 56.7 Å². The third-order valence-electron chi connectivity index (χ3n) is 5.07. The van der Waals surface area contributed by atoms with Crippen LogP contribution in [0.3, 0.4) is 0 Å². The van der Waals surface area contributed by atoms with E-state index in [-0.39, 0.29) is 6.09 Å². The van der Waals surface area contributed by atoms with Gasteiger partial charge in [-0.3, -0.25) is 0 Å². The first-order valence-corrected chi connectivity index (χ1v) is 9.05. The second-order valence-electron chi connectivity index (χ2n) is 7.19. The van der Waals surface area contributed by atoms with Crippen LogP contribution in [0.2, 0.25) is 0 Å². The number of piperidine rings is 1. The number of esters is 1. The topological polar surface area (TPSA) is 65.1 Å². The van der Waals surface area contributed by atoms with Crippen molar-refractivity contribution in [1.82, 2.24) is 4.90 Å². The van der Waals surface area contributed by atoms with Crippen molar-refractivity contribution in [1.29, 1.82) is 0 Å². The smallest absolute Gasteiger partial charge is 0.410 e. The van der Waals surface area contributed by atoms with Crippen LogP contribution in [0.5, 0.6) is 5.75 Å². The van der Waals surface area contributed by atoms with Gasteiger partial charge >= 0.3 is 12.1 Å². The first-order chi connectivity index (χ1) is 12.3. The predicted octanol–water partition coefficient (Wildman–Crippen LogP) is 3.99.